The van der Waals surface area contributed by atoms with Crippen molar-refractivity contribution in [2.75, 3.05) is 14.1 Å². The number of hydrogen-bond acceptors (Lipinski definition) is 4. The number of nitrogens with zero attached hydrogens (tertiary/aromatic N) is 2. The molecule has 26 heavy (non-hydrogen) atoms. The van der Waals surface area contributed by atoms with Crippen LogP contribution >= 0.6 is 21.6 Å². The summed E-state index contributed by atoms with van der Waals surface area (Å²) in [4.78, 5) is 28.3. The Bertz CT molecular complexity index is 774. The average Bonchev–Trinajstić information content (AvgIpc) is 2.67. The van der Waals surface area contributed by atoms with Crippen molar-refractivity contribution in [3.63, 3.8) is 0 Å². The summed E-state index contributed by atoms with van der Waals surface area (Å²) >= 11 is 0. The summed E-state index contributed by atoms with van der Waals surface area (Å²) in [5.41, 5.74) is 2.11. The van der Waals surface area contributed by atoms with E-state index in [1.165, 1.54) is 21.6 Å². The molecule has 3 fully saturated rings. The molecular weight excluding hydrogens is 364 g/mol. The minimum absolute atomic E-state index is 0.00290. The predicted octanol–water partition coefficient (Wildman–Crippen LogP) is 3.19. The average molecular weight is 385 g/mol. The van der Waals surface area contributed by atoms with Crippen LogP contribution in [0.5, 0.6) is 0 Å². The van der Waals surface area contributed by atoms with E-state index < -0.39 is 9.74 Å². The first kappa shape index (κ1) is 17.5. The summed E-state index contributed by atoms with van der Waals surface area (Å²) in [6, 6.07) is 19.8. The van der Waals surface area contributed by atoms with Crippen molar-refractivity contribution in [1.29, 1.82) is 0 Å². The first-order valence-corrected chi connectivity index (χ1v) is 10.7. The van der Waals surface area contributed by atoms with Crippen LogP contribution in [0.25, 0.3) is 0 Å². The molecule has 6 heteroatoms. The van der Waals surface area contributed by atoms with E-state index >= 15 is 0 Å². The van der Waals surface area contributed by atoms with E-state index in [0.29, 0.717) is 12.8 Å². The van der Waals surface area contributed by atoms with Crippen LogP contribution in [0.1, 0.15) is 11.1 Å². The largest absolute Gasteiger partial charge is 0.319 e. The number of amides is 2. The molecule has 2 amide bonds. The van der Waals surface area contributed by atoms with Crippen molar-refractivity contribution in [2.45, 2.75) is 22.6 Å². The second kappa shape index (κ2) is 6.35. The second-order valence-corrected chi connectivity index (χ2v) is 9.47. The molecule has 0 aromatic heterocycles. The molecule has 3 saturated heterocycles. The van der Waals surface area contributed by atoms with E-state index in [2.05, 4.69) is 0 Å². The molecule has 2 bridgehead atoms. The third-order valence-electron chi connectivity index (χ3n) is 5.25. The van der Waals surface area contributed by atoms with Gasteiger partial charge in [0.2, 0.25) is 0 Å². The Morgan fingerprint density at radius 3 is 1.38 bits per heavy atom. The molecule has 5 rings (SSSR count). The van der Waals surface area contributed by atoms with Crippen molar-refractivity contribution in [2.24, 2.45) is 0 Å². The fourth-order valence-electron chi connectivity index (χ4n) is 3.65. The maximum absolute atomic E-state index is 13.4. The van der Waals surface area contributed by atoms with E-state index in [1.54, 1.807) is 23.9 Å². The Kier molecular flexibility index (Phi) is 4.28. The number of carbonyl (C=O) groups excluding carboxylic acids is 2. The highest BCUT2D eigenvalue weighted by Crippen LogP contribution is 2.59. The monoisotopic (exact) mass is 384 g/mol. The van der Waals surface area contributed by atoms with Gasteiger partial charge in [-0.25, -0.2) is 0 Å². The summed E-state index contributed by atoms with van der Waals surface area (Å²) in [7, 11) is 6.59. The van der Waals surface area contributed by atoms with Crippen molar-refractivity contribution in [1.82, 2.24) is 9.80 Å². The molecule has 3 aliphatic heterocycles. The number of likely N-dealkylation sites (N-methyl/N-ethyl adjacent to an activating group) is 2. The van der Waals surface area contributed by atoms with Crippen LogP contribution in [0, 0.1) is 0 Å². The minimum Gasteiger partial charge on any atom is -0.319 e. The molecule has 0 spiro atoms. The third-order valence-corrected chi connectivity index (χ3v) is 8.98. The summed E-state index contributed by atoms with van der Waals surface area (Å²) in [5, 5.41) is 0. The van der Waals surface area contributed by atoms with E-state index in [-0.39, 0.29) is 11.8 Å². The molecule has 0 radical (unpaired) electrons. The van der Waals surface area contributed by atoms with Gasteiger partial charge in [-0.2, -0.15) is 0 Å². The Hall–Kier alpha value is -1.92. The summed E-state index contributed by atoms with van der Waals surface area (Å²) in [5.74, 6) is 0.00580. The molecule has 2 aromatic rings. The van der Waals surface area contributed by atoms with Crippen LogP contribution in [-0.2, 0) is 22.4 Å². The molecule has 3 aliphatic rings. The van der Waals surface area contributed by atoms with Crippen LogP contribution in [0.15, 0.2) is 60.7 Å². The maximum Gasteiger partial charge on any atom is 0.261 e. The van der Waals surface area contributed by atoms with E-state index in [1.807, 2.05) is 60.7 Å². The standard InChI is InChI=1S/C20H20N2O2S2/c1-21-17(23)20(14-16-11-7-4-8-12-16)22(2)18(24)19(21,25-26-20)13-15-9-5-3-6-10-15/h3-12H,13-14H2,1-2H3/t19-,20+. The second-order valence-electron chi connectivity index (χ2n) is 6.79. The molecule has 0 unspecified atom stereocenters. The molecule has 2 atom stereocenters. The van der Waals surface area contributed by atoms with Crippen LogP contribution in [0.4, 0.5) is 0 Å². The van der Waals surface area contributed by atoms with Crippen molar-refractivity contribution < 1.29 is 9.59 Å². The molecule has 134 valence electrons. The highest BCUT2D eigenvalue weighted by Gasteiger charge is 2.67. The Labute approximate surface area is 161 Å². The molecule has 0 aliphatic carbocycles. The number of carbonyl (C=O) groups is 2. The predicted molar refractivity (Wildman–Crippen MR) is 106 cm³/mol. The molecule has 3 heterocycles. The number of benzene rings is 2. The number of hydrogen-bond donors (Lipinski definition) is 0. The molecule has 0 N–H and O–H groups in total. The van der Waals surface area contributed by atoms with Gasteiger partial charge in [-0.3, -0.25) is 9.59 Å². The van der Waals surface area contributed by atoms with Crippen LogP contribution in [-0.4, -0.2) is 45.5 Å². The van der Waals surface area contributed by atoms with Gasteiger partial charge in [0.05, 0.1) is 0 Å². The van der Waals surface area contributed by atoms with Crippen molar-refractivity contribution in [3.05, 3.63) is 71.8 Å². The Morgan fingerprint density at radius 2 is 1.04 bits per heavy atom. The van der Waals surface area contributed by atoms with Gasteiger partial charge in [-0.15, -0.1) is 0 Å². The van der Waals surface area contributed by atoms with E-state index in [9.17, 15) is 9.59 Å². The van der Waals surface area contributed by atoms with Crippen LogP contribution in [0.2, 0.25) is 0 Å². The van der Waals surface area contributed by atoms with Gasteiger partial charge in [0.25, 0.3) is 11.8 Å². The van der Waals surface area contributed by atoms with Crippen LogP contribution < -0.4 is 0 Å². The number of rotatable bonds is 4. The fraction of sp³-hybridized carbons (Fsp3) is 0.300. The minimum atomic E-state index is -0.879. The molecule has 0 saturated carbocycles. The van der Waals surface area contributed by atoms with Crippen molar-refractivity contribution >= 4 is 33.4 Å². The topological polar surface area (TPSA) is 40.6 Å². The lowest BCUT2D eigenvalue weighted by atomic mass is 9.94. The first-order valence-electron chi connectivity index (χ1n) is 8.51. The maximum atomic E-state index is 13.4. The molecule has 4 nitrogen and oxygen atoms in total. The van der Waals surface area contributed by atoms with Gasteiger partial charge >= 0.3 is 0 Å². The van der Waals surface area contributed by atoms with Gasteiger partial charge in [0, 0.05) is 26.9 Å². The van der Waals surface area contributed by atoms with Gasteiger partial charge in [-0.05, 0) is 11.1 Å². The fourth-order valence-corrected chi connectivity index (χ4v) is 7.46. The normalized spacial score (nSPS) is 27.9. The lowest BCUT2D eigenvalue weighted by molar-refractivity contribution is -0.163. The summed E-state index contributed by atoms with van der Waals surface area (Å²) in [6.45, 7) is 0. The zero-order chi connectivity index (χ0) is 18.4. The SMILES string of the molecule is CN1C(=O)[C@@]2(Cc3ccccc3)SS[C@@]1(Cc1ccccc1)C(=O)N2C. The van der Waals surface area contributed by atoms with Crippen LogP contribution in [0.3, 0.4) is 0 Å². The smallest absolute Gasteiger partial charge is 0.261 e. The number of piperazine rings is 1. The summed E-state index contributed by atoms with van der Waals surface area (Å²) < 4.78 is 0. The van der Waals surface area contributed by atoms with Gasteiger partial charge in [0.1, 0.15) is 0 Å². The van der Waals surface area contributed by atoms with Crippen molar-refractivity contribution in [3.8, 4) is 0 Å². The lowest BCUT2D eigenvalue weighted by Gasteiger charge is -2.59. The van der Waals surface area contributed by atoms with E-state index in [0.717, 1.165) is 11.1 Å². The zero-order valence-electron chi connectivity index (χ0n) is 14.7. The Morgan fingerprint density at radius 1 is 0.692 bits per heavy atom. The van der Waals surface area contributed by atoms with Gasteiger partial charge in [-0.1, -0.05) is 82.3 Å². The molecule has 2 aromatic carbocycles. The highest BCUT2D eigenvalue weighted by molar-refractivity contribution is 8.78. The Balaban J connectivity index is 1.70. The zero-order valence-corrected chi connectivity index (χ0v) is 16.3. The third kappa shape index (κ3) is 2.47. The lowest BCUT2D eigenvalue weighted by Crippen LogP contribution is -2.76. The van der Waals surface area contributed by atoms with E-state index in [4.69, 9.17) is 0 Å². The number of fused-ring (bicyclic) bond motifs is 3. The quantitative estimate of drug-likeness (QED) is 0.759. The first-order chi connectivity index (χ1) is 12.5. The highest BCUT2D eigenvalue weighted by atomic mass is 33.1. The molecular formula is C20H20N2O2S2. The summed E-state index contributed by atoms with van der Waals surface area (Å²) in [6.07, 6.45) is 1.02. The van der Waals surface area contributed by atoms with Gasteiger partial charge < -0.3 is 9.80 Å². The van der Waals surface area contributed by atoms with Gasteiger partial charge in [0.15, 0.2) is 9.74 Å².